The lowest BCUT2D eigenvalue weighted by molar-refractivity contribution is 0.306. The molecule has 0 bridgehead atoms. The molecule has 4 heteroatoms. The third-order valence-electron chi connectivity index (χ3n) is 3.21. The zero-order valence-electron chi connectivity index (χ0n) is 11.3. The minimum Gasteiger partial charge on any atom is -0.486 e. The molecule has 0 fully saturated rings. The number of nitrogens with zero attached hydrogens (tertiary/aromatic N) is 1. The van der Waals surface area contributed by atoms with Gasteiger partial charge in [0.15, 0.2) is 0 Å². The molecule has 0 atom stereocenters. The van der Waals surface area contributed by atoms with Crippen molar-refractivity contribution in [3.05, 3.63) is 56.4 Å². The first-order valence-electron chi connectivity index (χ1n) is 6.37. The molecule has 0 saturated carbocycles. The van der Waals surface area contributed by atoms with Crippen LogP contribution in [0.15, 0.2) is 40.9 Å². The van der Waals surface area contributed by atoms with Crippen LogP contribution in [0.1, 0.15) is 15.6 Å². The molecule has 0 amide bonds. The number of ether oxygens (including phenoxy) is 1. The summed E-state index contributed by atoms with van der Waals surface area (Å²) in [5.74, 6) is 0.880. The summed E-state index contributed by atoms with van der Waals surface area (Å²) < 4.78 is 6.93. The van der Waals surface area contributed by atoms with Crippen molar-refractivity contribution >= 4 is 38.0 Å². The molecule has 0 aliphatic carbocycles. The van der Waals surface area contributed by atoms with Gasteiger partial charge in [-0.1, -0.05) is 28.1 Å². The first-order chi connectivity index (χ1) is 9.61. The van der Waals surface area contributed by atoms with E-state index >= 15 is 0 Å². The van der Waals surface area contributed by atoms with Gasteiger partial charge in [0.05, 0.1) is 5.69 Å². The Balaban J connectivity index is 1.79. The number of hydrogen-bond acceptors (Lipinski definition) is 3. The van der Waals surface area contributed by atoms with Crippen molar-refractivity contribution in [1.29, 1.82) is 0 Å². The van der Waals surface area contributed by atoms with Gasteiger partial charge in [0.2, 0.25) is 0 Å². The molecule has 1 aromatic heterocycles. The number of thiazole rings is 1. The lowest BCUT2D eigenvalue weighted by Crippen LogP contribution is -1.94. The van der Waals surface area contributed by atoms with E-state index in [1.54, 1.807) is 11.3 Å². The van der Waals surface area contributed by atoms with Crippen molar-refractivity contribution in [2.24, 2.45) is 0 Å². The number of fused-ring (bicyclic) bond motifs is 1. The molecule has 3 rings (SSSR count). The molecule has 102 valence electrons. The number of aryl methyl sites for hydroxylation is 2. The monoisotopic (exact) mass is 347 g/mol. The summed E-state index contributed by atoms with van der Waals surface area (Å²) in [6, 6.07) is 12.4. The Kier molecular flexibility index (Phi) is 3.76. The third kappa shape index (κ3) is 2.86. The van der Waals surface area contributed by atoms with Crippen LogP contribution in [0.25, 0.3) is 10.8 Å². The van der Waals surface area contributed by atoms with E-state index in [1.807, 2.05) is 19.1 Å². The number of hydrogen-bond donors (Lipinski definition) is 0. The molecule has 0 aliphatic heterocycles. The first-order valence-corrected chi connectivity index (χ1v) is 7.98. The number of halogens is 1. The molecular weight excluding hydrogens is 334 g/mol. The molecule has 0 radical (unpaired) electrons. The third-order valence-corrected chi connectivity index (χ3v) is 4.75. The van der Waals surface area contributed by atoms with E-state index in [0.717, 1.165) is 20.9 Å². The predicted molar refractivity (Wildman–Crippen MR) is 87.6 cm³/mol. The van der Waals surface area contributed by atoms with Gasteiger partial charge in [0, 0.05) is 9.35 Å². The van der Waals surface area contributed by atoms with Crippen molar-refractivity contribution < 1.29 is 4.74 Å². The molecule has 3 aromatic rings. The SMILES string of the molecule is Cc1nc(COc2ccc3cc(Br)ccc3c2)sc1C. The van der Waals surface area contributed by atoms with Crippen LogP contribution in [0.5, 0.6) is 5.75 Å². The molecule has 0 aliphatic rings. The summed E-state index contributed by atoms with van der Waals surface area (Å²) in [6.45, 7) is 4.65. The van der Waals surface area contributed by atoms with E-state index in [2.05, 4.69) is 52.1 Å². The predicted octanol–water partition coefficient (Wildman–Crippen LogP) is 5.25. The zero-order chi connectivity index (χ0) is 14.1. The van der Waals surface area contributed by atoms with Crippen molar-refractivity contribution in [3.8, 4) is 5.75 Å². The lowest BCUT2D eigenvalue weighted by Gasteiger charge is -2.06. The van der Waals surface area contributed by atoms with Gasteiger partial charge in [0.25, 0.3) is 0 Å². The lowest BCUT2D eigenvalue weighted by atomic mass is 10.1. The number of aromatic nitrogens is 1. The van der Waals surface area contributed by atoms with Gasteiger partial charge in [-0.05, 0) is 48.9 Å². The fraction of sp³-hybridized carbons (Fsp3) is 0.188. The van der Waals surface area contributed by atoms with E-state index < -0.39 is 0 Å². The highest BCUT2D eigenvalue weighted by molar-refractivity contribution is 9.10. The Bertz CT molecular complexity index is 747. The van der Waals surface area contributed by atoms with E-state index in [1.165, 1.54) is 15.6 Å². The molecule has 1 heterocycles. The standard InChI is InChI=1S/C16H14BrNOS/c1-10-11(2)20-16(18-10)9-19-15-6-4-12-7-14(17)5-3-13(12)8-15/h3-8H,9H2,1-2H3. The van der Waals surface area contributed by atoms with Crippen LogP contribution in [0, 0.1) is 13.8 Å². The second-order valence-corrected chi connectivity index (χ2v) is 6.89. The van der Waals surface area contributed by atoms with Gasteiger partial charge in [-0.2, -0.15) is 0 Å². The second kappa shape index (κ2) is 5.54. The highest BCUT2D eigenvalue weighted by Gasteiger charge is 2.05. The summed E-state index contributed by atoms with van der Waals surface area (Å²) in [7, 11) is 0. The highest BCUT2D eigenvalue weighted by Crippen LogP contribution is 2.25. The topological polar surface area (TPSA) is 22.1 Å². The van der Waals surface area contributed by atoms with Crippen molar-refractivity contribution in [3.63, 3.8) is 0 Å². The fourth-order valence-corrected chi connectivity index (χ4v) is 3.26. The number of benzene rings is 2. The Morgan fingerprint density at radius 2 is 1.85 bits per heavy atom. The average molecular weight is 348 g/mol. The van der Waals surface area contributed by atoms with Crippen LogP contribution < -0.4 is 4.74 Å². The minimum atomic E-state index is 0.529. The molecule has 20 heavy (non-hydrogen) atoms. The van der Waals surface area contributed by atoms with Gasteiger partial charge in [0.1, 0.15) is 17.4 Å². The van der Waals surface area contributed by atoms with Gasteiger partial charge in [-0.3, -0.25) is 0 Å². The summed E-state index contributed by atoms with van der Waals surface area (Å²) in [6.07, 6.45) is 0. The van der Waals surface area contributed by atoms with Crippen LogP contribution in [-0.2, 0) is 6.61 Å². The maximum Gasteiger partial charge on any atom is 0.140 e. The Morgan fingerprint density at radius 1 is 1.10 bits per heavy atom. The fourth-order valence-electron chi connectivity index (χ4n) is 2.03. The summed E-state index contributed by atoms with van der Waals surface area (Å²) in [5.41, 5.74) is 1.09. The molecule has 0 N–H and O–H groups in total. The van der Waals surface area contributed by atoms with Crippen molar-refractivity contribution in [1.82, 2.24) is 4.98 Å². The minimum absolute atomic E-state index is 0.529. The Hall–Kier alpha value is -1.39. The number of rotatable bonds is 3. The summed E-state index contributed by atoms with van der Waals surface area (Å²) in [5, 5.41) is 3.40. The average Bonchev–Trinajstić information content (AvgIpc) is 2.75. The van der Waals surface area contributed by atoms with Crippen LogP contribution in [0.2, 0.25) is 0 Å². The van der Waals surface area contributed by atoms with E-state index in [-0.39, 0.29) is 0 Å². The van der Waals surface area contributed by atoms with Crippen molar-refractivity contribution in [2.45, 2.75) is 20.5 Å². The summed E-state index contributed by atoms with van der Waals surface area (Å²) >= 11 is 5.18. The largest absolute Gasteiger partial charge is 0.486 e. The molecule has 2 aromatic carbocycles. The Labute approximate surface area is 130 Å². The quantitative estimate of drug-likeness (QED) is 0.645. The summed E-state index contributed by atoms with van der Waals surface area (Å²) in [4.78, 5) is 5.74. The maximum atomic E-state index is 5.83. The highest BCUT2D eigenvalue weighted by atomic mass is 79.9. The first kappa shape index (κ1) is 13.6. The van der Waals surface area contributed by atoms with Crippen molar-refractivity contribution in [2.75, 3.05) is 0 Å². The van der Waals surface area contributed by atoms with E-state index in [4.69, 9.17) is 4.74 Å². The van der Waals surface area contributed by atoms with Crippen LogP contribution in [0.3, 0.4) is 0 Å². The van der Waals surface area contributed by atoms with Gasteiger partial charge < -0.3 is 4.74 Å². The molecule has 0 saturated heterocycles. The smallest absolute Gasteiger partial charge is 0.140 e. The van der Waals surface area contributed by atoms with Crippen LogP contribution >= 0.6 is 27.3 Å². The van der Waals surface area contributed by atoms with Gasteiger partial charge in [-0.15, -0.1) is 11.3 Å². The van der Waals surface area contributed by atoms with E-state index in [0.29, 0.717) is 6.61 Å². The Morgan fingerprint density at radius 3 is 2.60 bits per heavy atom. The molecule has 2 nitrogen and oxygen atoms in total. The van der Waals surface area contributed by atoms with Gasteiger partial charge >= 0.3 is 0 Å². The maximum absolute atomic E-state index is 5.83. The molecule has 0 spiro atoms. The molecular formula is C16H14BrNOS. The normalized spacial score (nSPS) is 10.9. The van der Waals surface area contributed by atoms with Crippen LogP contribution in [-0.4, -0.2) is 4.98 Å². The zero-order valence-corrected chi connectivity index (χ0v) is 13.7. The van der Waals surface area contributed by atoms with Gasteiger partial charge in [-0.25, -0.2) is 4.98 Å². The van der Waals surface area contributed by atoms with Crippen LogP contribution in [0.4, 0.5) is 0 Å². The molecule has 0 unspecified atom stereocenters. The second-order valence-electron chi connectivity index (χ2n) is 4.69. The van der Waals surface area contributed by atoms with E-state index in [9.17, 15) is 0 Å².